The molecule has 0 radical (unpaired) electrons. The first-order chi connectivity index (χ1) is 10.6. The second-order valence-electron chi connectivity index (χ2n) is 5.10. The number of aromatic nitrogens is 2. The molecule has 0 unspecified atom stereocenters. The fourth-order valence-electron chi connectivity index (χ4n) is 2.36. The van der Waals surface area contributed by atoms with E-state index in [4.69, 9.17) is 0 Å². The van der Waals surface area contributed by atoms with E-state index in [1.54, 1.807) is 18.2 Å². The number of benzene rings is 2. The van der Waals surface area contributed by atoms with Crippen molar-refractivity contribution in [2.24, 2.45) is 0 Å². The van der Waals surface area contributed by atoms with Crippen LogP contribution >= 0.6 is 0 Å². The van der Waals surface area contributed by atoms with Crippen LogP contribution in [-0.4, -0.2) is 16.1 Å². The monoisotopic (exact) mass is 293 g/mol. The van der Waals surface area contributed by atoms with Crippen molar-refractivity contribution in [2.45, 2.75) is 13.5 Å². The van der Waals surface area contributed by atoms with Gasteiger partial charge in [-0.15, -0.1) is 0 Å². The lowest BCUT2D eigenvalue weighted by molar-refractivity contribution is 0.0950. The zero-order valence-corrected chi connectivity index (χ0v) is 12.1. The Bertz CT molecular complexity index is 900. The third kappa shape index (κ3) is 2.74. The summed E-state index contributed by atoms with van der Waals surface area (Å²) in [7, 11) is 0. The first kappa shape index (κ1) is 14.0. The van der Waals surface area contributed by atoms with Gasteiger partial charge in [-0.25, -0.2) is 5.10 Å². The predicted molar refractivity (Wildman–Crippen MR) is 84.7 cm³/mol. The van der Waals surface area contributed by atoms with Crippen molar-refractivity contribution >= 4 is 16.7 Å². The summed E-state index contributed by atoms with van der Waals surface area (Å²) in [6.45, 7) is 2.19. The number of nitrogens with zero attached hydrogens (tertiary/aromatic N) is 1. The largest absolute Gasteiger partial charge is 0.346 e. The molecule has 0 aliphatic heterocycles. The van der Waals surface area contributed by atoms with Crippen LogP contribution in [0.15, 0.2) is 53.3 Å². The van der Waals surface area contributed by atoms with Gasteiger partial charge in [0.25, 0.3) is 11.5 Å². The second kappa shape index (κ2) is 5.81. The van der Waals surface area contributed by atoms with Gasteiger partial charge in [0.1, 0.15) is 0 Å². The summed E-state index contributed by atoms with van der Waals surface area (Å²) in [5.41, 5.74) is 2.04. The van der Waals surface area contributed by atoms with E-state index < -0.39 is 0 Å². The summed E-state index contributed by atoms with van der Waals surface area (Å²) in [5.74, 6) is -0.166. The van der Waals surface area contributed by atoms with Crippen molar-refractivity contribution in [3.63, 3.8) is 0 Å². The average molecular weight is 293 g/mol. The number of hydrogen-bond donors (Lipinski definition) is 2. The topological polar surface area (TPSA) is 74.8 Å². The number of H-pyrrole nitrogens is 1. The van der Waals surface area contributed by atoms with E-state index >= 15 is 0 Å². The quantitative estimate of drug-likeness (QED) is 0.777. The molecule has 0 bridgehead atoms. The van der Waals surface area contributed by atoms with Gasteiger partial charge in [0, 0.05) is 10.9 Å². The molecule has 1 amide bonds. The number of rotatable bonds is 3. The van der Waals surface area contributed by atoms with E-state index in [1.807, 2.05) is 37.3 Å². The van der Waals surface area contributed by atoms with Crippen LogP contribution in [0.1, 0.15) is 21.6 Å². The highest BCUT2D eigenvalue weighted by Crippen LogP contribution is 2.12. The van der Waals surface area contributed by atoms with Crippen LogP contribution in [0.5, 0.6) is 0 Å². The van der Waals surface area contributed by atoms with E-state index in [0.29, 0.717) is 16.6 Å². The summed E-state index contributed by atoms with van der Waals surface area (Å²) in [4.78, 5) is 23.9. The lowest BCUT2D eigenvalue weighted by Crippen LogP contribution is -2.24. The van der Waals surface area contributed by atoms with Crippen LogP contribution in [0.3, 0.4) is 0 Å². The smallest absolute Gasteiger partial charge is 0.272 e. The molecule has 5 nitrogen and oxygen atoms in total. The molecule has 110 valence electrons. The number of aryl methyl sites for hydroxylation is 1. The minimum atomic E-state index is -0.232. The predicted octanol–water partition coefficient (Wildman–Crippen LogP) is 2.16. The molecule has 0 saturated heterocycles. The summed E-state index contributed by atoms with van der Waals surface area (Å²) in [6.07, 6.45) is 0. The van der Waals surface area contributed by atoms with Crippen molar-refractivity contribution in [3.8, 4) is 0 Å². The van der Waals surface area contributed by atoms with Gasteiger partial charge in [0.15, 0.2) is 0 Å². The van der Waals surface area contributed by atoms with Gasteiger partial charge in [0.05, 0.1) is 17.6 Å². The van der Waals surface area contributed by atoms with Gasteiger partial charge >= 0.3 is 0 Å². The Hall–Kier alpha value is -2.95. The van der Waals surface area contributed by atoms with Crippen molar-refractivity contribution in [2.75, 3.05) is 0 Å². The maximum atomic E-state index is 12.2. The summed E-state index contributed by atoms with van der Waals surface area (Å²) >= 11 is 0. The molecule has 2 N–H and O–H groups in total. The Kier molecular flexibility index (Phi) is 3.70. The normalized spacial score (nSPS) is 10.6. The summed E-state index contributed by atoms with van der Waals surface area (Å²) in [6, 6.07) is 14.6. The lowest BCUT2D eigenvalue weighted by Gasteiger charge is -2.07. The minimum Gasteiger partial charge on any atom is -0.346 e. The number of fused-ring (bicyclic) bond motifs is 1. The number of carbonyl (C=O) groups is 1. The number of nitrogens with one attached hydrogen (secondary N) is 2. The molecule has 2 aromatic carbocycles. The first-order valence-electron chi connectivity index (χ1n) is 6.96. The highest BCUT2D eigenvalue weighted by molar-refractivity contribution is 5.94. The molecule has 0 aliphatic rings. The Morgan fingerprint density at radius 1 is 1.14 bits per heavy atom. The Morgan fingerprint density at radius 2 is 1.91 bits per heavy atom. The number of amides is 1. The molecule has 22 heavy (non-hydrogen) atoms. The van der Waals surface area contributed by atoms with Crippen molar-refractivity contribution in [3.05, 3.63) is 75.7 Å². The summed E-state index contributed by atoms with van der Waals surface area (Å²) in [5, 5.41) is 10.6. The van der Waals surface area contributed by atoms with Crippen LogP contribution in [-0.2, 0) is 6.54 Å². The zero-order chi connectivity index (χ0) is 15.5. The second-order valence-corrected chi connectivity index (χ2v) is 5.10. The fraction of sp³-hybridized carbons (Fsp3) is 0.118. The SMILES string of the molecule is Cc1cccc(C(=O)NCc2n[nH]c(=O)c3ccccc23)c1. The number of carbonyl (C=O) groups excluding carboxylic acids is 1. The third-order valence-electron chi connectivity index (χ3n) is 3.47. The maximum absolute atomic E-state index is 12.2. The Balaban J connectivity index is 1.84. The average Bonchev–Trinajstić information content (AvgIpc) is 2.54. The molecule has 0 aliphatic carbocycles. The molecule has 0 saturated carbocycles. The molecule has 1 aromatic heterocycles. The van der Waals surface area contributed by atoms with Crippen molar-refractivity contribution in [1.82, 2.24) is 15.5 Å². The molecule has 3 rings (SSSR count). The molecule has 3 aromatic rings. The van der Waals surface area contributed by atoms with Gasteiger partial charge in [-0.1, -0.05) is 35.9 Å². The zero-order valence-electron chi connectivity index (χ0n) is 12.1. The van der Waals surface area contributed by atoms with Gasteiger partial charge in [-0.2, -0.15) is 5.10 Å². The van der Waals surface area contributed by atoms with Crippen molar-refractivity contribution in [1.29, 1.82) is 0 Å². The molecular weight excluding hydrogens is 278 g/mol. The Morgan fingerprint density at radius 3 is 2.68 bits per heavy atom. The standard InChI is InChI=1S/C17H15N3O2/c1-11-5-4-6-12(9-11)16(21)18-10-15-13-7-2-3-8-14(13)17(22)20-19-15/h2-9H,10H2,1H3,(H,18,21)(H,20,22). The van der Waals surface area contributed by atoms with Crippen LogP contribution in [0.25, 0.3) is 10.8 Å². The van der Waals surface area contributed by atoms with Gasteiger partial charge < -0.3 is 5.32 Å². The molecule has 0 atom stereocenters. The molecular formula is C17H15N3O2. The maximum Gasteiger partial charge on any atom is 0.272 e. The van der Waals surface area contributed by atoms with E-state index in [9.17, 15) is 9.59 Å². The Labute approximate surface area is 127 Å². The summed E-state index contributed by atoms with van der Waals surface area (Å²) < 4.78 is 0. The number of hydrogen-bond acceptors (Lipinski definition) is 3. The van der Waals surface area contributed by atoms with E-state index in [-0.39, 0.29) is 18.0 Å². The minimum absolute atomic E-state index is 0.166. The van der Waals surface area contributed by atoms with E-state index in [2.05, 4.69) is 15.5 Å². The molecule has 1 heterocycles. The van der Waals surface area contributed by atoms with Gasteiger partial charge in [-0.3, -0.25) is 9.59 Å². The fourth-order valence-corrected chi connectivity index (χ4v) is 2.36. The lowest BCUT2D eigenvalue weighted by atomic mass is 10.1. The first-order valence-corrected chi connectivity index (χ1v) is 6.96. The number of aromatic amines is 1. The molecule has 0 fully saturated rings. The van der Waals surface area contributed by atoms with E-state index in [1.165, 1.54) is 0 Å². The van der Waals surface area contributed by atoms with Crippen LogP contribution in [0.4, 0.5) is 0 Å². The van der Waals surface area contributed by atoms with Crippen LogP contribution in [0.2, 0.25) is 0 Å². The van der Waals surface area contributed by atoms with Gasteiger partial charge in [0.2, 0.25) is 0 Å². The van der Waals surface area contributed by atoms with Crippen LogP contribution in [0, 0.1) is 6.92 Å². The highest BCUT2D eigenvalue weighted by atomic mass is 16.1. The third-order valence-corrected chi connectivity index (χ3v) is 3.47. The van der Waals surface area contributed by atoms with Crippen molar-refractivity contribution < 1.29 is 4.79 Å². The highest BCUT2D eigenvalue weighted by Gasteiger charge is 2.09. The van der Waals surface area contributed by atoms with E-state index in [0.717, 1.165) is 10.9 Å². The van der Waals surface area contributed by atoms with Crippen LogP contribution < -0.4 is 10.9 Å². The molecule has 0 spiro atoms. The molecule has 5 heteroatoms. The van der Waals surface area contributed by atoms with Gasteiger partial charge in [-0.05, 0) is 25.1 Å².